The average molecular weight is 280 g/mol. The third-order valence-electron chi connectivity index (χ3n) is 2.66. The highest BCUT2D eigenvalue weighted by Crippen LogP contribution is 2.12. The van der Waals surface area contributed by atoms with Crippen LogP contribution in [0.25, 0.3) is 0 Å². The van der Waals surface area contributed by atoms with E-state index in [-0.39, 0.29) is 0 Å². The van der Waals surface area contributed by atoms with Crippen LogP contribution in [-0.2, 0) is 9.53 Å². The molecule has 0 aliphatic carbocycles. The van der Waals surface area contributed by atoms with Crippen LogP contribution in [0, 0.1) is 0 Å². The topological polar surface area (TPSA) is 74.4 Å². The summed E-state index contributed by atoms with van der Waals surface area (Å²) in [5.41, 5.74) is 1.80. The van der Waals surface area contributed by atoms with E-state index in [0.717, 1.165) is 37.6 Å². The van der Waals surface area contributed by atoms with E-state index in [4.69, 9.17) is 4.74 Å². The van der Waals surface area contributed by atoms with Gasteiger partial charge < -0.3 is 26.0 Å². The third kappa shape index (κ3) is 7.73. The van der Waals surface area contributed by atoms with Crippen LogP contribution in [0.2, 0.25) is 0 Å². The van der Waals surface area contributed by atoms with E-state index in [0.29, 0.717) is 19.6 Å². The standard InChI is InChI=1S/C14H24N4O2/c1-15-6-7-16-8-10-20-11-9-17-13-2-4-14(5-3-13)18-12-19/h2-5,12,15-17H,6-11H2,1H3,(H,18,19). The lowest BCUT2D eigenvalue weighted by Crippen LogP contribution is -2.28. The molecule has 1 aromatic rings. The Morgan fingerprint density at radius 3 is 2.40 bits per heavy atom. The number of nitrogens with one attached hydrogen (secondary N) is 4. The van der Waals surface area contributed by atoms with Crippen molar-refractivity contribution in [1.82, 2.24) is 10.6 Å². The predicted molar refractivity (Wildman–Crippen MR) is 82.2 cm³/mol. The van der Waals surface area contributed by atoms with Gasteiger partial charge in [0.2, 0.25) is 6.41 Å². The first-order valence-electron chi connectivity index (χ1n) is 6.84. The number of amides is 1. The van der Waals surface area contributed by atoms with E-state index in [1.54, 1.807) is 0 Å². The summed E-state index contributed by atoms with van der Waals surface area (Å²) in [6, 6.07) is 7.54. The lowest BCUT2D eigenvalue weighted by atomic mass is 10.3. The maximum absolute atomic E-state index is 10.3. The summed E-state index contributed by atoms with van der Waals surface area (Å²) in [5, 5.41) is 12.2. The van der Waals surface area contributed by atoms with Gasteiger partial charge in [-0.05, 0) is 31.3 Å². The number of carbonyl (C=O) groups excluding carboxylic acids is 1. The summed E-state index contributed by atoms with van der Waals surface area (Å²) >= 11 is 0. The van der Waals surface area contributed by atoms with Crippen molar-refractivity contribution in [1.29, 1.82) is 0 Å². The zero-order valence-electron chi connectivity index (χ0n) is 11.9. The lowest BCUT2D eigenvalue weighted by Gasteiger charge is -2.08. The maximum Gasteiger partial charge on any atom is 0.211 e. The van der Waals surface area contributed by atoms with Crippen LogP contribution in [0.1, 0.15) is 0 Å². The highest BCUT2D eigenvalue weighted by atomic mass is 16.5. The molecular weight excluding hydrogens is 256 g/mol. The summed E-state index contributed by atoms with van der Waals surface area (Å²) in [5.74, 6) is 0. The molecule has 4 N–H and O–H groups in total. The van der Waals surface area contributed by atoms with Gasteiger partial charge >= 0.3 is 0 Å². The molecule has 0 atom stereocenters. The van der Waals surface area contributed by atoms with E-state index >= 15 is 0 Å². The Morgan fingerprint density at radius 2 is 1.70 bits per heavy atom. The molecule has 6 heteroatoms. The molecule has 0 saturated carbocycles. The molecule has 0 aliphatic rings. The maximum atomic E-state index is 10.3. The summed E-state index contributed by atoms with van der Waals surface area (Å²) in [4.78, 5) is 10.3. The van der Waals surface area contributed by atoms with Gasteiger partial charge in [0.1, 0.15) is 0 Å². The second kappa shape index (κ2) is 11.2. The van der Waals surface area contributed by atoms with Gasteiger partial charge in [-0.2, -0.15) is 0 Å². The molecule has 0 fully saturated rings. The molecule has 1 amide bonds. The largest absolute Gasteiger partial charge is 0.383 e. The van der Waals surface area contributed by atoms with Crippen molar-refractivity contribution >= 4 is 17.8 Å². The number of hydrogen-bond donors (Lipinski definition) is 4. The van der Waals surface area contributed by atoms with Gasteiger partial charge in [0.25, 0.3) is 0 Å². The number of anilines is 2. The molecule has 20 heavy (non-hydrogen) atoms. The summed E-state index contributed by atoms with van der Waals surface area (Å²) in [7, 11) is 1.94. The molecule has 0 radical (unpaired) electrons. The van der Waals surface area contributed by atoms with E-state index in [1.807, 2.05) is 31.3 Å². The van der Waals surface area contributed by atoms with E-state index in [2.05, 4.69) is 21.3 Å². The van der Waals surface area contributed by atoms with E-state index in [1.165, 1.54) is 0 Å². The summed E-state index contributed by atoms with van der Waals surface area (Å²) in [6.07, 6.45) is 0.668. The molecule has 1 rings (SSSR count). The van der Waals surface area contributed by atoms with Crippen molar-refractivity contribution in [2.45, 2.75) is 0 Å². The molecule has 1 aromatic carbocycles. The quantitative estimate of drug-likeness (QED) is 0.331. The number of rotatable bonds is 12. The first-order chi connectivity index (χ1) is 9.86. The van der Waals surface area contributed by atoms with Crippen molar-refractivity contribution < 1.29 is 9.53 Å². The number of carbonyl (C=O) groups is 1. The predicted octanol–water partition coefficient (Wildman–Crippen LogP) is 0.492. The van der Waals surface area contributed by atoms with Gasteiger partial charge in [0.05, 0.1) is 13.2 Å². The fourth-order valence-electron chi connectivity index (χ4n) is 1.60. The molecule has 0 saturated heterocycles. The van der Waals surface area contributed by atoms with Crippen LogP contribution in [0.4, 0.5) is 11.4 Å². The van der Waals surface area contributed by atoms with Crippen molar-refractivity contribution in [2.75, 3.05) is 57.1 Å². The second-order valence-corrected chi connectivity index (χ2v) is 4.23. The second-order valence-electron chi connectivity index (χ2n) is 4.23. The first kappa shape index (κ1) is 16.4. The number of ether oxygens (including phenoxy) is 1. The Kier molecular flexibility index (Phi) is 9.21. The summed E-state index contributed by atoms with van der Waals surface area (Å²) in [6.45, 7) is 4.94. The van der Waals surface area contributed by atoms with Crippen molar-refractivity contribution in [3.05, 3.63) is 24.3 Å². The molecule has 0 spiro atoms. The Labute approximate surface area is 120 Å². The molecule has 0 aromatic heterocycles. The number of likely N-dealkylation sites (N-methyl/N-ethyl adjacent to an activating group) is 1. The Balaban J connectivity index is 1.99. The van der Waals surface area contributed by atoms with E-state index in [9.17, 15) is 4.79 Å². The van der Waals surface area contributed by atoms with Gasteiger partial charge in [0, 0.05) is 37.6 Å². The van der Waals surface area contributed by atoms with Gasteiger partial charge in [0.15, 0.2) is 0 Å². The molecule has 0 aliphatic heterocycles. The van der Waals surface area contributed by atoms with Crippen LogP contribution in [0.3, 0.4) is 0 Å². The van der Waals surface area contributed by atoms with Crippen LogP contribution >= 0.6 is 0 Å². The number of hydrogen-bond acceptors (Lipinski definition) is 5. The van der Waals surface area contributed by atoms with Crippen LogP contribution in [0.5, 0.6) is 0 Å². The molecule has 0 bridgehead atoms. The highest BCUT2D eigenvalue weighted by Gasteiger charge is 1.93. The van der Waals surface area contributed by atoms with Crippen LogP contribution < -0.4 is 21.3 Å². The fraction of sp³-hybridized carbons (Fsp3) is 0.500. The summed E-state index contributed by atoms with van der Waals surface area (Å²) < 4.78 is 5.49. The van der Waals surface area contributed by atoms with E-state index < -0.39 is 0 Å². The molecule has 0 unspecified atom stereocenters. The minimum Gasteiger partial charge on any atom is -0.383 e. The van der Waals surface area contributed by atoms with Crippen molar-refractivity contribution in [2.24, 2.45) is 0 Å². The normalized spacial score (nSPS) is 10.2. The number of benzene rings is 1. The van der Waals surface area contributed by atoms with Gasteiger partial charge in [-0.1, -0.05) is 0 Å². The minimum absolute atomic E-state index is 0.668. The minimum atomic E-state index is 0.668. The van der Waals surface area contributed by atoms with Gasteiger partial charge in [-0.3, -0.25) is 4.79 Å². The Bertz CT molecular complexity index is 357. The van der Waals surface area contributed by atoms with Gasteiger partial charge in [-0.25, -0.2) is 0 Å². The third-order valence-corrected chi connectivity index (χ3v) is 2.66. The molecule has 6 nitrogen and oxygen atoms in total. The monoisotopic (exact) mass is 280 g/mol. The first-order valence-corrected chi connectivity index (χ1v) is 6.84. The molecule has 0 heterocycles. The van der Waals surface area contributed by atoms with Crippen molar-refractivity contribution in [3.8, 4) is 0 Å². The van der Waals surface area contributed by atoms with Crippen molar-refractivity contribution in [3.63, 3.8) is 0 Å². The molecule has 112 valence electrons. The zero-order valence-corrected chi connectivity index (χ0v) is 11.9. The Morgan fingerprint density at radius 1 is 1.00 bits per heavy atom. The SMILES string of the molecule is CNCCNCCOCCNc1ccc(NC=O)cc1. The highest BCUT2D eigenvalue weighted by molar-refractivity contribution is 5.72. The fourth-order valence-corrected chi connectivity index (χ4v) is 1.60. The average Bonchev–Trinajstić information content (AvgIpc) is 2.47. The molecular formula is C14H24N4O2. The zero-order chi connectivity index (χ0) is 14.5. The lowest BCUT2D eigenvalue weighted by molar-refractivity contribution is -0.105. The Hall–Kier alpha value is -1.63. The van der Waals surface area contributed by atoms with Crippen LogP contribution in [-0.4, -0.2) is 52.9 Å². The van der Waals surface area contributed by atoms with Gasteiger partial charge in [-0.15, -0.1) is 0 Å². The smallest absolute Gasteiger partial charge is 0.211 e. The van der Waals surface area contributed by atoms with Crippen LogP contribution in [0.15, 0.2) is 24.3 Å².